The van der Waals surface area contributed by atoms with E-state index in [2.05, 4.69) is 15.5 Å². The van der Waals surface area contributed by atoms with Gasteiger partial charge in [0.15, 0.2) is 5.82 Å². The minimum atomic E-state index is 0.196. The first-order chi connectivity index (χ1) is 9.22. The Morgan fingerprint density at radius 2 is 2.26 bits per heavy atom. The first-order valence-corrected chi connectivity index (χ1v) is 6.98. The largest absolute Gasteiger partial charge is 0.338 e. The Balaban J connectivity index is 1.76. The van der Waals surface area contributed by atoms with Crippen LogP contribution in [0.15, 0.2) is 22.7 Å². The van der Waals surface area contributed by atoms with Crippen molar-refractivity contribution in [3.05, 3.63) is 45.5 Å². The maximum Gasteiger partial charge on any atom is 0.243 e. The molecule has 0 unspecified atom stereocenters. The quantitative estimate of drug-likeness (QED) is 0.943. The zero-order chi connectivity index (χ0) is 13.2. The van der Waals surface area contributed by atoms with Crippen LogP contribution < -0.4 is 5.32 Å². The minimum absolute atomic E-state index is 0.196. The van der Waals surface area contributed by atoms with Gasteiger partial charge >= 0.3 is 0 Å². The fourth-order valence-electron chi connectivity index (χ4n) is 2.21. The fourth-order valence-corrected chi connectivity index (χ4v) is 2.69. The zero-order valence-electron chi connectivity index (χ0n) is 10.2. The fraction of sp³-hybridized carbons (Fsp3) is 0.385. The molecule has 100 valence electrons. The maximum absolute atomic E-state index is 6.13. The van der Waals surface area contributed by atoms with E-state index in [4.69, 9.17) is 27.7 Å². The number of hydrogen-bond donors (Lipinski definition) is 1. The van der Waals surface area contributed by atoms with Crippen molar-refractivity contribution in [2.75, 3.05) is 6.54 Å². The number of aromatic nitrogens is 2. The van der Waals surface area contributed by atoms with Crippen molar-refractivity contribution >= 4 is 23.2 Å². The van der Waals surface area contributed by atoms with Gasteiger partial charge in [0.1, 0.15) is 0 Å². The van der Waals surface area contributed by atoms with Crippen LogP contribution in [-0.4, -0.2) is 16.7 Å². The van der Waals surface area contributed by atoms with Gasteiger partial charge in [-0.15, -0.1) is 0 Å². The molecule has 19 heavy (non-hydrogen) atoms. The molecule has 0 amide bonds. The molecule has 1 fully saturated rings. The highest BCUT2D eigenvalue weighted by Crippen LogP contribution is 2.24. The van der Waals surface area contributed by atoms with Gasteiger partial charge in [-0.05, 0) is 37.1 Å². The molecule has 0 bridgehead atoms. The molecule has 1 saturated heterocycles. The van der Waals surface area contributed by atoms with Crippen LogP contribution in [-0.2, 0) is 6.42 Å². The normalized spacial score (nSPS) is 18.9. The van der Waals surface area contributed by atoms with E-state index < -0.39 is 0 Å². The van der Waals surface area contributed by atoms with Gasteiger partial charge in [0.05, 0.1) is 6.04 Å². The Labute approximate surface area is 121 Å². The second-order valence-electron chi connectivity index (χ2n) is 4.61. The van der Waals surface area contributed by atoms with Gasteiger partial charge in [0.25, 0.3) is 0 Å². The third kappa shape index (κ3) is 2.91. The van der Waals surface area contributed by atoms with Crippen molar-refractivity contribution < 1.29 is 4.52 Å². The van der Waals surface area contributed by atoms with E-state index in [1.165, 1.54) is 0 Å². The summed E-state index contributed by atoms with van der Waals surface area (Å²) in [5.74, 6) is 1.31. The monoisotopic (exact) mass is 297 g/mol. The standard InChI is InChI=1S/C13H13Cl2N3O/c14-9-4-3-8(10(15)7-9)6-12-17-13(19-18-12)11-2-1-5-16-11/h3-4,7,11,16H,1-2,5-6H2/t11-/m1/s1. The van der Waals surface area contributed by atoms with Crippen LogP contribution in [0.4, 0.5) is 0 Å². The van der Waals surface area contributed by atoms with E-state index in [0.717, 1.165) is 24.9 Å². The molecular formula is C13H13Cl2N3O. The van der Waals surface area contributed by atoms with E-state index in [0.29, 0.717) is 28.2 Å². The zero-order valence-corrected chi connectivity index (χ0v) is 11.7. The van der Waals surface area contributed by atoms with Gasteiger partial charge in [-0.2, -0.15) is 4.98 Å². The van der Waals surface area contributed by atoms with Crippen LogP contribution in [0.2, 0.25) is 10.0 Å². The number of nitrogens with zero attached hydrogens (tertiary/aromatic N) is 2. The Morgan fingerprint density at radius 1 is 1.37 bits per heavy atom. The molecule has 0 aliphatic carbocycles. The smallest absolute Gasteiger partial charge is 0.243 e. The van der Waals surface area contributed by atoms with Crippen molar-refractivity contribution in [2.45, 2.75) is 25.3 Å². The highest BCUT2D eigenvalue weighted by Gasteiger charge is 2.22. The molecule has 2 heterocycles. The number of rotatable bonds is 3. The van der Waals surface area contributed by atoms with Crippen molar-refractivity contribution in [3.63, 3.8) is 0 Å². The van der Waals surface area contributed by atoms with Gasteiger partial charge in [-0.1, -0.05) is 34.4 Å². The molecule has 1 aromatic carbocycles. The molecule has 1 N–H and O–H groups in total. The van der Waals surface area contributed by atoms with Crippen LogP contribution in [0.5, 0.6) is 0 Å². The van der Waals surface area contributed by atoms with Crippen LogP contribution in [0.1, 0.15) is 36.2 Å². The number of halogens is 2. The molecule has 0 radical (unpaired) electrons. The predicted molar refractivity (Wildman–Crippen MR) is 73.5 cm³/mol. The van der Waals surface area contributed by atoms with Gasteiger partial charge < -0.3 is 9.84 Å². The summed E-state index contributed by atoms with van der Waals surface area (Å²) in [6, 6.07) is 5.61. The van der Waals surface area contributed by atoms with Crippen LogP contribution in [0, 0.1) is 0 Å². The summed E-state index contributed by atoms with van der Waals surface area (Å²) in [6.45, 7) is 1.01. The Hall–Kier alpha value is -1.10. The Kier molecular flexibility index (Phi) is 3.73. The lowest BCUT2D eigenvalue weighted by molar-refractivity contribution is 0.341. The van der Waals surface area contributed by atoms with E-state index in [-0.39, 0.29) is 6.04 Å². The molecule has 1 aromatic heterocycles. The third-order valence-corrected chi connectivity index (χ3v) is 3.79. The highest BCUT2D eigenvalue weighted by molar-refractivity contribution is 6.35. The van der Waals surface area contributed by atoms with Gasteiger partial charge in [-0.3, -0.25) is 0 Å². The molecule has 1 aliphatic heterocycles. The second-order valence-corrected chi connectivity index (χ2v) is 5.45. The summed E-state index contributed by atoms with van der Waals surface area (Å²) in [4.78, 5) is 4.42. The lowest BCUT2D eigenvalue weighted by Gasteiger charge is -2.02. The summed E-state index contributed by atoms with van der Waals surface area (Å²) in [7, 11) is 0. The van der Waals surface area contributed by atoms with Gasteiger partial charge in [0, 0.05) is 16.5 Å². The molecule has 3 rings (SSSR count). The molecule has 6 heteroatoms. The van der Waals surface area contributed by atoms with Crippen molar-refractivity contribution in [1.29, 1.82) is 0 Å². The molecule has 2 aromatic rings. The molecule has 0 saturated carbocycles. The van der Waals surface area contributed by atoms with E-state index in [9.17, 15) is 0 Å². The lowest BCUT2D eigenvalue weighted by Crippen LogP contribution is -2.13. The summed E-state index contributed by atoms with van der Waals surface area (Å²) in [6.07, 6.45) is 2.74. The SMILES string of the molecule is Clc1ccc(Cc2noc([C@H]3CCCN3)n2)c(Cl)c1. The molecule has 1 atom stereocenters. The number of benzene rings is 1. The summed E-state index contributed by atoms with van der Waals surface area (Å²) >= 11 is 12.0. The van der Waals surface area contributed by atoms with Crippen molar-refractivity contribution in [3.8, 4) is 0 Å². The van der Waals surface area contributed by atoms with Crippen molar-refractivity contribution in [2.24, 2.45) is 0 Å². The summed E-state index contributed by atoms with van der Waals surface area (Å²) < 4.78 is 5.29. The van der Waals surface area contributed by atoms with Crippen LogP contribution >= 0.6 is 23.2 Å². The van der Waals surface area contributed by atoms with Gasteiger partial charge in [0.2, 0.25) is 5.89 Å². The molecule has 0 spiro atoms. The average molecular weight is 298 g/mol. The van der Waals surface area contributed by atoms with Gasteiger partial charge in [-0.25, -0.2) is 0 Å². The number of nitrogens with one attached hydrogen (secondary N) is 1. The highest BCUT2D eigenvalue weighted by atomic mass is 35.5. The summed E-state index contributed by atoms with van der Waals surface area (Å²) in [5.41, 5.74) is 0.942. The molecule has 1 aliphatic rings. The summed E-state index contributed by atoms with van der Waals surface area (Å²) in [5, 5.41) is 8.58. The van der Waals surface area contributed by atoms with Crippen LogP contribution in [0.25, 0.3) is 0 Å². The second kappa shape index (κ2) is 5.49. The first-order valence-electron chi connectivity index (χ1n) is 6.22. The first kappa shape index (κ1) is 12.9. The Bertz CT molecular complexity index is 579. The predicted octanol–water partition coefficient (Wildman–Crippen LogP) is 3.39. The average Bonchev–Trinajstić information content (AvgIpc) is 3.03. The number of hydrogen-bond acceptors (Lipinski definition) is 4. The topological polar surface area (TPSA) is 51.0 Å². The van der Waals surface area contributed by atoms with E-state index in [1.54, 1.807) is 6.07 Å². The van der Waals surface area contributed by atoms with E-state index in [1.807, 2.05) is 12.1 Å². The Morgan fingerprint density at radius 3 is 3.00 bits per heavy atom. The van der Waals surface area contributed by atoms with Crippen LogP contribution in [0.3, 0.4) is 0 Å². The minimum Gasteiger partial charge on any atom is -0.338 e. The third-order valence-electron chi connectivity index (χ3n) is 3.21. The lowest BCUT2D eigenvalue weighted by atomic mass is 10.1. The molecule has 4 nitrogen and oxygen atoms in total. The van der Waals surface area contributed by atoms with Crippen molar-refractivity contribution in [1.82, 2.24) is 15.5 Å². The maximum atomic E-state index is 6.13. The molecular weight excluding hydrogens is 285 g/mol. The van der Waals surface area contributed by atoms with E-state index >= 15 is 0 Å².